The summed E-state index contributed by atoms with van der Waals surface area (Å²) in [5, 5.41) is 0. The number of hydrogen-bond donors (Lipinski definition) is 0. The van der Waals surface area contributed by atoms with Gasteiger partial charge in [-0.2, -0.15) is 13.1 Å². The maximum absolute atomic E-state index is 13.1. The van der Waals surface area contributed by atoms with Crippen molar-refractivity contribution in [2.24, 2.45) is 5.41 Å². The van der Waals surface area contributed by atoms with Crippen molar-refractivity contribution >= 4 is 32.8 Å². The van der Waals surface area contributed by atoms with E-state index >= 15 is 0 Å². The first-order valence-electron chi connectivity index (χ1n) is 7.40. The Morgan fingerprint density at radius 3 is 3.00 bits per heavy atom. The third-order valence-corrected chi connectivity index (χ3v) is 7.10. The highest BCUT2D eigenvalue weighted by molar-refractivity contribution is 7.89. The maximum atomic E-state index is 13.1. The second-order valence-electron chi connectivity index (χ2n) is 6.13. The van der Waals surface area contributed by atoms with Crippen molar-refractivity contribution < 1.29 is 13.2 Å². The summed E-state index contributed by atoms with van der Waals surface area (Å²) in [5.74, 6) is 0. The minimum Gasteiger partial charge on any atom is -0.381 e. The molecule has 2 saturated heterocycles. The molecule has 0 saturated carbocycles. The Bertz CT molecular complexity index is 797. The van der Waals surface area contributed by atoms with Crippen LogP contribution in [-0.4, -0.2) is 47.8 Å². The van der Waals surface area contributed by atoms with E-state index in [4.69, 9.17) is 4.74 Å². The van der Waals surface area contributed by atoms with Crippen LogP contribution in [0.1, 0.15) is 19.3 Å². The summed E-state index contributed by atoms with van der Waals surface area (Å²) in [6.45, 7) is 2.52. The Morgan fingerprint density at radius 2 is 2.18 bits per heavy atom. The fraction of sp³-hybridized carbons (Fsp3) is 0.571. The van der Waals surface area contributed by atoms with Gasteiger partial charge in [0.1, 0.15) is 15.9 Å². The summed E-state index contributed by atoms with van der Waals surface area (Å²) in [5.41, 5.74) is 1.12. The van der Waals surface area contributed by atoms with Gasteiger partial charge in [0.15, 0.2) is 0 Å². The Hall–Kier alpha value is -1.09. The molecule has 1 aromatic heterocycles. The topological polar surface area (TPSA) is 72.4 Å². The standard InChI is InChI=1S/C14H17N3O3S2/c18-22(19,12-4-1-3-11-13(12)16-21-15-11)17-7-2-5-14(9-17)6-8-20-10-14/h1,3-4H,2,5-10H2/t14-/m1/s1. The largest absolute Gasteiger partial charge is 0.381 e. The number of ether oxygens (including phenoxy) is 1. The van der Waals surface area contributed by atoms with Crippen molar-refractivity contribution in [2.75, 3.05) is 26.3 Å². The lowest BCUT2D eigenvalue weighted by Crippen LogP contribution is -2.46. The predicted octanol–water partition coefficient (Wildman–Crippen LogP) is 1.88. The Morgan fingerprint density at radius 1 is 1.27 bits per heavy atom. The van der Waals surface area contributed by atoms with Crippen molar-refractivity contribution in [1.29, 1.82) is 0 Å². The number of benzene rings is 1. The lowest BCUT2D eigenvalue weighted by atomic mass is 9.80. The van der Waals surface area contributed by atoms with E-state index in [-0.39, 0.29) is 10.3 Å². The van der Waals surface area contributed by atoms with Crippen molar-refractivity contribution in [3.63, 3.8) is 0 Å². The quantitative estimate of drug-likeness (QED) is 0.835. The Kier molecular flexibility index (Phi) is 3.44. The van der Waals surface area contributed by atoms with Crippen LogP contribution >= 0.6 is 11.7 Å². The average Bonchev–Trinajstić information content (AvgIpc) is 3.16. The average molecular weight is 339 g/mol. The van der Waals surface area contributed by atoms with Gasteiger partial charge in [0.05, 0.1) is 18.3 Å². The lowest BCUT2D eigenvalue weighted by molar-refractivity contribution is 0.105. The van der Waals surface area contributed by atoms with Gasteiger partial charge >= 0.3 is 0 Å². The van der Waals surface area contributed by atoms with E-state index in [1.807, 2.05) is 0 Å². The molecule has 0 aliphatic carbocycles. The van der Waals surface area contributed by atoms with Crippen molar-refractivity contribution in [2.45, 2.75) is 24.2 Å². The van der Waals surface area contributed by atoms with Crippen LogP contribution < -0.4 is 0 Å². The van der Waals surface area contributed by atoms with Gasteiger partial charge in [-0.15, -0.1) is 0 Å². The van der Waals surface area contributed by atoms with Crippen LogP contribution in [0.3, 0.4) is 0 Å². The zero-order chi connectivity index (χ0) is 15.2. The molecule has 0 unspecified atom stereocenters. The van der Waals surface area contributed by atoms with Crippen LogP contribution in [0.2, 0.25) is 0 Å². The molecule has 2 aromatic rings. The van der Waals surface area contributed by atoms with E-state index < -0.39 is 10.0 Å². The van der Waals surface area contributed by atoms with Gasteiger partial charge in [-0.25, -0.2) is 8.42 Å². The molecule has 2 aliphatic heterocycles. The van der Waals surface area contributed by atoms with Crippen LogP contribution in [0.15, 0.2) is 23.1 Å². The van der Waals surface area contributed by atoms with Crippen LogP contribution in [0, 0.1) is 5.41 Å². The minimum absolute atomic E-state index is 0.000456. The fourth-order valence-corrected chi connectivity index (χ4v) is 5.81. The highest BCUT2D eigenvalue weighted by atomic mass is 32.2. The second-order valence-corrected chi connectivity index (χ2v) is 8.57. The molecule has 0 radical (unpaired) electrons. The predicted molar refractivity (Wildman–Crippen MR) is 83.3 cm³/mol. The molecule has 6 nitrogen and oxygen atoms in total. The van der Waals surface area contributed by atoms with Gasteiger partial charge in [-0.1, -0.05) is 6.07 Å². The van der Waals surface area contributed by atoms with Gasteiger partial charge in [-0.3, -0.25) is 0 Å². The minimum atomic E-state index is -3.54. The molecule has 8 heteroatoms. The highest BCUT2D eigenvalue weighted by Gasteiger charge is 2.43. The van der Waals surface area contributed by atoms with Crippen LogP contribution in [0.25, 0.3) is 11.0 Å². The molecule has 2 fully saturated rings. The second kappa shape index (κ2) is 5.23. The number of rotatable bonds is 2. The zero-order valence-corrected chi connectivity index (χ0v) is 13.7. The summed E-state index contributed by atoms with van der Waals surface area (Å²) in [6, 6.07) is 5.15. The summed E-state index contributed by atoms with van der Waals surface area (Å²) >= 11 is 1.05. The van der Waals surface area contributed by atoms with Gasteiger partial charge in [-0.05, 0) is 31.4 Å². The van der Waals surface area contributed by atoms with Crippen LogP contribution in [0.5, 0.6) is 0 Å². The van der Waals surface area contributed by atoms with Gasteiger partial charge in [0, 0.05) is 25.1 Å². The van der Waals surface area contributed by atoms with E-state index in [2.05, 4.69) is 8.75 Å². The molecule has 0 amide bonds. The Balaban J connectivity index is 1.72. The number of nitrogens with zero attached hydrogens (tertiary/aromatic N) is 3. The molecule has 1 aromatic carbocycles. The van der Waals surface area contributed by atoms with Crippen molar-refractivity contribution in [3.05, 3.63) is 18.2 Å². The smallest absolute Gasteiger partial charge is 0.245 e. The monoisotopic (exact) mass is 339 g/mol. The molecule has 2 aliphatic rings. The normalized spacial score (nSPS) is 26.9. The molecule has 0 bridgehead atoms. The van der Waals surface area contributed by atoms with Gasteiger partial charge in [0.25, 0.3) is 0 Å². The molecule has 4 rings (SSSR count). The number of sulfonamides is 1. The first kappa shape index (κ1) is 14.5. The number of hydrogen-bond acceptors (Lipinski definition) is 6. The molecule has 1 atom stereocenters. The number of fused-ring (bicyclic) bond motifs is 1. The van der Waals surface area contributed by atoms with E-state index in [1.165, 1.54) is 0 Å². The first-order chi connectivity index (χ1) is 10.6. The third kappa shape index (κ3) is 2.25. The van der Waals surface area contributed by atoms with E-state index in [0.717, 1.165) is 37.6 Å². The van der Waals surface area contributed by atoms with Gasteiger partial charge in [0.2, 0.25) is 10.0 Å². The van der Waals surface area contributed by atoms with Crippen LogP contribution in [-0.2, 0) is 14.8 Å². The molecule has 3 heterocycles. The van der Waals surface area contributed by atoms with Gasteiger partial charge < -0.3 is 4.74 Å². The molecular weight excluding hydrogens is 322 g/mol. The van der Waals surface area contributed by atoms with Crippen molar-refractivity contribution in [1.82, 2.24) is 13.1 Å². The maximum Gasteiger partial charge on any atom is 0.245 e. The van der Waals surface area contributed by atoms with E-state index in [1.54, 1.807) is 22.5 Å². The first-order valence-corrected chi connectivity index (χ1v) is 9.57. The van der Waals surface area contributed by atoms with E-state index in [0.29, 0.717) is 30.7 Å². The highest BCUT2D eigenvalue weighted by Crippen LogP contribution is 2.39. The summed E-state index contributed by atoms with van der Waals surface area (Å²) in [4.78, 5) is 0.273. The summed E-state index contributed by atoms with van der Waals surface area (Å²) in [7, 11) is -3.54. The summed E-state index contributed by atoms with van der Waals surface area (Å²) < 4.78 is 41.6. The molecule has 118 valence electrons. The summed E-state index contributed by atoms with van der Waals surface area (Å²) in [6.07, 6.45) is 2.87. The lowest BCUT2D eigenvalue weighted by Gasteiger charge is -2.38. The SMILES string of the molecule is O=S(=O)(c1cccc2nsnc12)N1CCC[C@@]2(CCOC2)C1. The molecular formula is C14H17N3O3S2. The fourth-order valence-electron chi connectivity index (χ4n) is 3.47. The molecule has 0 N–H and O–H groups in total. The molecule has 22 heavy (non-hydrogen) atoms. The number of piperidine rings is 1. The number of aromatic nitrogens is 2. The van der Waals surface area contributed by atoms with E-state index in [9.17, 15) is 8.42 Å². The zero-order valence-electron chi connectivity index (χ0n) is 12.1. The third-order valence-electron chi connectivity index (χ3n) is 4.68. The van der Waals surface area contributed by atoms with Crippen molar-refractivity contribution in [3.8, 4) is 0 Å². The van der Waals surface area contributed by atoms with Crippen LogP contribution in [0.4, 0.5) is 0 Å². The molecule has 1 spiro atoms. The Labute approximate surface area is 133 Å².